The molecule has 0 fully saturated rings. The van der Waals surface area contributed by atoms with Gasteiger partial charge >= 0.3 is 0 Å². The monoisotopic (exact) mass is 122 g/mol. The van der Waals surface area contributed by atoms with Crippen LogP contribution in [0.2, 0.25) is 0 Å². The first kappa shape index (κ1) is 10.2. The predicted molar refractivity (Wildman–Crippen MR) is 34.3 cm³/mol. The first-order valence-electron chi connectivity index (χ1n) is 2.44. The van der Waals surface area contributed by atoms with Crippen LogP contribution in [0, 0.1) is 0 Å². The normalized spacial score (nSPS) is 7.29. The van der Waals surface area contributed by atoms with Gasteiger partial charge in [-0.05, 0) is 13.8 Å². The highest BCUT2D eigenvalue weighted by Crippen LogP contribution is 1.64. The fourth-order valence-corrected chi connectivity index (χ4v) is 0.204. The Bertz CT molecular complexity index is 17.2. The van der Waals surface area contributed by atoms with Crippen molar-refractivity contribution in [1.29, 1.82) is 0 Å². The Morgan fingerprint density at radius 1 is 1.29 bits per heavy atom. The molecule has 0 aromatic rings. The van der Waals surface area contributed by atoms with Crippen LogP contribution in [0.15, 0.2) is 0 Å². The second-order valence-corrected chi connectivity index (χ2v) is 0.781. The lowest BCUT2D eigenvalue weighted by molar-refractivity contribution is 0.162. The summed E-state index contributed by atoms with van der Waals surface area (Å²) < 4.78 is 4.83. The zero-order chi connectivity index (χ0) is 6.12. The smallest absolute Gasteiger partial charge is 0.141 e. The quantitative estimate of drug-likeness (QED) is 0.491. The summed E-state index contributed by atoms with van der Waals surface area (Å²) in [6.07, 6.45) is 0. The molecule has 0 heterocycles. The zero-order valence-corrected chi connectivity index (χ0v) is 7.27. The molecule has 0 amide bonds. The second kappa shape index (κ2) is 16.5. The summed E-state index contributed by atoms with van der Waals surface area (Å²) in [5, 5.41) is 0. The minimum Gasteiger partial charge on any atom is -0.442 e. The SMILES string of the molecule is CCOCC.O[SiH3]. The highest BCUT2D eigenvalue weighted by atomic mass is 28.2. The van der Waals surface area contributed by atoms with Gasteiger partial charge in [0, 0.05) is 13.2 Å². The van der Waals surface area contributed by atoms with Crippen LogP contribution in [-0.2, 0) is 4.74 Å². The molecule has 0 aliphatic heterocycles. The highest BCUT2D eigenvalue weighted by Gasteiger charge is 1.64. The van der Waals surface area contributed by atoms with Gasteiger partial charge in [0.15, 0.2) is 0 Å². The van der Waals surface area contributed by atoms with E-state index >= 15 is 0 Å². The largest absolute Gasteiger partial charge is 0.442 e. The first-order valence-corrected chi connectivity index (χ1v) is 3.33. The van der Waals surface area contributed by atoms with Crippen LogP contribution in [0.4, 0.5) is 0 Å². The van der Waals surface area contributed by atoms with Crippen molar-refractivity contribution in [3.8, 4) is 0 Å². The molecule has 0 saturated heterocycles. The molecule has 2 nitrogen and oxygen atoms in total. The van der Waals surface area contributed by atoms with E-state index in [1.54, 1.807) is 0 Å². The third kappa shape index (κ3) is 23.0. The van der Waals surface area contributed by atoms with Crippen molar-refractivity contribution in [2.24, 2.45) is 0 Å². The van der Waals surface area contributed by atoms with E-state index in [2.05, 4.69) is 0 Å². The van der Waals surface area contributed by atoms with E-state index in [1.165, 1.54) is 0 Å². The standard InChI is InChI=1S/C4H10O.H4OSi/c1-3-5-4-2;1-2/h3-4H2,1-2H3;1H,2H3. The first-order chi connectivity index (χ1) is 3.41. The summed E-state index contributed by atoms with van der Waals surface area (Å²) in [6, 6.07) is 0. The van der Waals surface area contributed by atoms with Crippen LogP contribution < -0.4 is 0 Å². The molecule has 0 unspecified atom stereocenters. The van der Waals surface area contributed by atoms with Gasteiger partial charge in [-0.25, -0.2) is 0 Å². The van der Waals surface area contributed by atoms with E-state index in [1.807, 2.05) is 13.8 Å². The summed E-state index contributed by atoms with van der Waals surface area (Å²) in [6.45, 7) is 5.67. The minimum atomic E-state index is 0.306. The van der Waals surface area contributed by atoms with Crippen molar-refractivity contribution in [3.63, 3.8) is 0 Å². The lowest BCUT2D eigenvalue weighted by Crippen LogP contribution is -1.84. The van der Waals surface area contributed by atoms with Gasteiger partial charge in [-0.2, -0.15) is 0 Å². The molecular formula is C4H14O2Si. The van der Waals surface area contributed by atoms with E-state index in [4.69, 9.17) is 9.53 Å². The molecule has 0 aliphatic carbocycles. The van der Waals surface area contributed by atoms with Gasteiger partial charge in [0.25, 0.3) is 0 Å². The third-order valence-electron chi connectivity index (χ3n) is 0.408. The Morgan fingerprint density at radius 3 is 1.57 bits per heavy atom. The summed E-state index contributed by atoms with van der Waals surface area (Å²) >= 11 is 0. The molecule has 7 heavy (non-hydrogen) atoms. The van der Waals surface area contributed by atoms with Crippen molar-refractivity contribution in [2.45, 2.75) is 13.8 Å². The van der Waals surface area contributed by atoms with Crippen LogP contribution >= 0.6 is 0 Å². The van der Waals surface area contributed by atoms with Gasteiger partial charge < -0.3 is 9.53 Å². The number of ether oxygens (including phenoxy) is 1. The summed E-state index contributed by atoms with van der Waals surface area (Å²) in [7, 11) is 0.306. The van der Waals surface area contributed by atoms with Crippen LogP contribution in [-0.4, -0.2) is 28.5 Å². The Morgan fingerprint density at radius 2 is 1.57 bits per heavy atom. The van der Waals surface area contributed by atoms with Gasteiger partial charge in [0.2, 0.25) is 0 Å². The molecule has 0 rings (SSSR count). The topological polar surface area (TPSA) is 29.5 Å². The van der Waals surface area contributed by atoms with E-state index in [-0.39, 0.29) is 0 Å². The van der Waals surface area contributed by atoms with Crippen LogP contribution in [0.1, 0.15) is 13.8 Å². The van der Waals surface area contributed by atoms with Gasteiger partial charge in [-0.3, -0.25) is 0 Å². The average molecular weight is 122 g/mol. The molecule has 0 aromatic heterocycles. The zero-order valence-electron chi connectivity index (χ0n) is 5.27. The van der Waals surface area contributed by atoms with Crippen molar-refractivity contribution < 1.29 is 9.53 Å². The van der Waals surface area contributed by atoms with E-state index in [0.717, 1.165) is 13.2 Å². The maximum absolute atomic E-state index is 7.14. The van der Waals surface area contributed by atoms with Crippen molar-refractivity contribution in [1.82, 2.24) is 0 Å². The molecule has 0 spiro atoms. The maximum atomic E-state index is 7.14. The van der Waals surface area contributed by atoms with Crippen LogP contribution in [0.3, 0.4) is 0 Å². The van der Waals surface area contributed by atoms with Gasteiger partial charge in [0.1, 0.15) is 10.5 Å². The Kier molecular flexibility index (Phi) is 23.9. The number of hydrogen-bond acceptors (Lipinski definition) is 2. The molecular weight excluding hydrogens is 108 g/mol. The summed E-state index contributed by atoms with van der Waals surface area (Å²) in [4.78, 5) is 7.14. The molecule has 0 radical (unpaired) electrons. The molecule has 0 bridgehead atoms. The number of hydrogen-bond donors (Lipinski definition) is 1. The molecule has 1 N–H and O–H groups in total. The second-order valence-electron chi connectivity index (χ2n) is 0.781. The van der Waals surface area contributed by atoms with Crippen molar-refractivity contribution in [2.75, 3.05) is 13.2 Å². The van der Waals surface area contributed by atoms with Crippen molar-refractivity contribution in [3.05, 3.63) is 0 Å². The Balaban J connectivity index is 0. The fraction of sp³-hybridized carbons (Fsp3) is 1.00. The lowest BCUT2D eigenvalue weighted by atomic mass is 10.8. The summed E-state index contributed by atoms with van der Waals surface area (Å²) in [5.74, 6) is 0. The predicted octanol–water partition coefficient (Wildman–Crippen LogP) is -0.698. The average Bonchev–Trinajstić information content (AvgIpc) is 1.75. The highest BCUT2D eigenvalue weighted by molar-refractivity contribution is 5.95. The van der Waals surface area contributed by atoms with Gasteiger partial charge in [0.05, 0.1) is 0 Å². The lowest BCUT2D eigenvalue weighted by Gasteiger charge is -1.86. The minimum absolute atomic E-state index is 0.306. The molecule has 46 valence electrons. The fourth-order valence-electron chi connectivity index (χ4n) is 0.204. The maximum Gasteiger partial charge on any atom is 0.141 e. The molecule has 0 atom stereocenters. The van der Waals surface area contributed by atoms with Gasteiger partial charge in [-0.15, -0.1) is 0 Å². The van der Waals surface area contributed by atoms with Crippen molar-refractivity contribution >= 4 is 10.5 Å². The van der Waals surface area contributed by atoms with Gasteiger partial charge in [-0.1, -0.05) is 0 Å². The van der Waals surface area contributed by atoms with E-state index in [0.29, 0.717) is 10.5 Å². The van der Waals surface area contributed by atoms with E-state index < -0.39 is 0 Å². The molecule has 3 heteroatoms. The summed E-state index contributed by atoms with van der Waals surface area (Å²) in [5.41, 5.74) is 0. The third-order valence-corrected chi connectivity index (χ3v) is 0.408. The Labute approximate surface area is 48.0 Å². The van der Waals surface area contributed by atoms with E-state index in [9.17, 15) is 0 Å². The Hall–Kier alpha value is 0.137. The number of rotatable bonds is 2. The molecule has 0 aliphatic rings. The van der Waals surface area contributed by atoms with Crippen LogP contribution in [0.5, 0.6) is 0 Å². The molecule has 0 aromatic carbocycles. The van der Waals surface area contributed by atoms with Crippen LogP contribution in [0.25, 0.3) is 0 Å². The molecule has 0 saturated carbocycles.